The molecule has 218 valence electrons. The lowest BCUT2D eigenvalue weighted by molar-refractivity contribution is 0.442. The van der Waals surface area contributed by atoms with E-state index in [0.717, 1.165) is 16.7 Å². The summed E-state index contributed by atoms with van der Waals surface area (Å²) in [5.74, 6) is 0.719. The molecule has 0 bridgehead atoms. The molecule has 4 N–H and O–H groups in total. The molecule has 1 fully saturated rings. The maximum Gasteiger partial charge on any atom is 0.123 e. The Labute approximate surface area is 253 Å². The zero-order valence-corrected chi connectivity index (χ0v) is 24.7. The first-order chi connectivity index (χ1) is 20.8. The van der Waals surface area contributed by atoms with Crippen LogP contribution in [0, 0.1) is 13.8 Å². The van der Waals surface area contributed by atoms with Crippen molar-refractivity contribution in [3.8, 4) is 45.3 Å². The highest BCUT2D eigenvalue weighted by atomic mass is 16.3. The fourth-order valence-electron chi connectivity index (χ4n) is 6.88. The highest BCUT2D eigenvalue weighted by Gasteiger charge is 2.25. The number of phenolic OH excluding ortho intramolecular Hbond substituents is 4. The van der Waals surface area contributed by atoms with Gasteiger partial charge in [0.05, 0.1) is 0 Å². The molecule has 4 nitrogen and oxygen atoms in total. The molecule has 0 amide bonds. The Bertz CT molecular complexity index is 1690. The molecule has 4 heteroatoms. The lowest BCUT2D eigenvalue weighted by atomic mass is 9.77. The Balaban J connectivity index is 1.56. The minimum atomic E-state index is -0.241. The maximum atomic E-state index is 10.9. The summed E-state index contributed by atoms with van der Waals surface area (Å²) >= 11 is 0. The second kappa shape index (κ2) is 11.9. The molecule has 0 spiro atoms. The van der Waals surface area contributed by atoms with Crippen LogP contribution in [-0.2, 0) is 0 Å². The van der Waals surface area contributed by atoms with Crippen LogP contribution in [0.2, 0.25) is 0 Å². The highest BCUT2D eigenvalue weighted by molar-refractivity contribution is 5.78. The minimum absolute atomic E-state index is 0.0881. The van der Waals surface area contributed by atoms with E-state index in [1.54, 1.807) is 48.5 Å². The summed E-state index contributed by atoms with van der Waals surface area (Å²) in [6, 6.07) is 29.9. The molecule has 43 heavy (non-hydrogen) atoms. The maximum absolute atomic E-state index is 10.9. The zero-order valence-electron chi connectivity index (χ0n) is 24.7. The van der Waals surface area contributed by atoms with Crippen LogP contribution < -0.4 is 0 Å². The Kier molecular flexibility index (Phi) is 7.86. The summed E-state index contributed by atoms with van der Waals surface area (Å²) in [6.07, 6.45) is 6.33. The molecule has 0 heterocycles. The van der Waals surface area contributed by atoms with E-state index in [0.29, 0.717) is 28.2 Å². The van der Waals surface area contributed by atoms with Gasteiger partial charge in [0.1, 0.15) is 23.0 Å². The average Bonchev–Trinajstić information content (AvgIpc) is 3.01. The minimum Gasteiger partial charge on any atom is -0.507 e. The lowest BCUT2D eigenvalue weighted by Gasteiger charge is -2.28. The normalized spacial score (nSPS) is 13.8. The molecule has 1 aliphatic rings. The second-order valence-corrected chi connectivity index (χ2v) is 11.9. The van der Waals surface area contributed by atoms with Crippen LogP contribution in [0.25, 0.3) is 22.3 Å². The van der Waals surface area contributed by atoms with Crippen LogP contribution in [0.5, 0.6) is 23.0 Å². The molecule has 5 aromatic carbocycles. The summed E-state index contributed by atoms with van der Waals surface area (Å²) in [6.45, 7) is 4.38. The monoisotopic (exact) mass is 570 g/mol. The molecule has 0 aromatic heterocycles. The fraction of sp³-hybridized carbons (Fsp3) is 0.231. The van der Waals surface area contributed by atoms with Crippen LogP contribution >= 0.6 is 0 Å². The molecule has 0 saturated heterocycles. The van der Waals surface area contributed by atoms with E-state index in [1.807, 2.05) is 36.4 Å². The van der Waals surface area contributed by atoms with E-state index >= 15 is 0 Å². The van der Waals surface area contributed by atoms with Crippen molar-refractivity contribution in [1.29, 1.82) is 0 Å². The number of benzene rings is 5. The molecule has 1 aliphatic carbocycles. The summed E-state index contributed by atoms with van der Waals surface area (Å²) in [5, 5.41) is 43.1. The molecule has 6 rings (SSSR count). The van der Waals surface area contributed by atoms with Crippen LogP contribution in [-0.4, -0.2) is 20.4 Å². The van der Waals surface area contributed by atoms with E-state index in [2.05, 4.69) is 26.0 Å². The van der Waals surface area contributed by atoms with Gasteiger partial charge < -0.3 is 20.4 Å². The van der Waals surface area contributed by atoms with Gasteiger partial charge in [0.2, 0.25) is 0 Å². The van der Waals surface area contributed by atoms with Crippen molar-refractivity contribution in [1.82, 2.24) is 0 Å². The van der Waals surface area contributed by atoms with Crippen molar-refractivity contribution in [2.75, 3.05) is 0 Å². The average molecular weight is 571 g/mol. The van der Waals surface area contributed by atoms with Gasteiger partial charge in [0, 0.05) is 28.2 Å². The third-order valence-electron chi connectivity index (χ3n) is 9.11. The number of para-hydroxylation sites is 2. The van der Waals surface area contributed by atoms with Gasteiger partial charge in [-0.05, 0) is 102 Å². The quantitative estimate of drug-likeness (QED) is 0.153. The number of aryl methyl sites for hydroxylation is 2. The molecular formula is C39H38O4. The fourth-order valence-corrected chi connectivity index (χ4v) is 6.88. The van der Waals surface area contributed by atoms with E-state index in [9.17, 15) is 20.4 Å². The van der Waals surface area contributed by atoms with Gasteiger partial charge in [-0.15, -0.1) is 0 Å². The van der Waals surface area contributed by atoms with E-state index in [1.165, 1.54) is 48.8 Å². The van der Waals surface area contributed by atoms with E-state index in [-0.39, 0.29) is 28.9 Å². The number of hydrogen-bond donors (Lipinski definition) is 4. The first-order valence-electron chi connectivity index (χ1n) is 15.2. The van der Waals surface area contributed by atoms with Crippen molar-refractivity contribution in [3.63, 3.8) is 0 Å². The Hall–Kier alpha value is -4.70. The van der Waals surface area contributed by atoms with Gasteiger partial charge in [-0.3, -0.25) is 0 Å². The Morgan fingerprint density at radius 1 is 0.512 bits per heavy atom. The van der Waals surface area contributed by atoms with Crippen LogP contribution in [0.3, 0.4) is 0 Å². The van der Waals surface area contributed by atoms with Gasteiger partial charge >= 0.3 is 0 Å². The molecule has 0 aliphatic heterocycles. The largest absolute Gasteiger partial charge is 0.507 e. The highest BCUT2D eigenvalue weighted by Crippen LogP contribution is 2.45. The Morgan fingerprint density at radius 3 is 1.51 bits per heavy atom. The molecule has 0 atom stereocenters. The van der Waals surface area contributed by atoms with Gasteiger partial charge in [0.15, 0.2) is 0 Å². The summed E-state index contributed by atoms with van der Waals surface area (Å²) in [7, 11) is 0. The summed E-state index contributed by atoms with van der Waals surface area (Å²) < 4.78 is 0. The van der Waals surface area contributed by atoms with Gasteiger partial charge in [-0.2, -0.15) is 0 Å². The Morgan fingerprint density at radius 2 is 1.00 bits per heavy atom. The van der Waals surface area contributed by atoms with Crippen LogP contribution in [0.15, 0.2) is 97.1 Å². The smallest absolute Gasteiger partial charge is 0.123 e. The summed E-state index contributed by atoms with van der Waals surface area (Å²) in [5.41, 5.74) is 9.13. The first kappa shape index (κ1) is 28.4. The van der Waals surface area contributed by atoms with Gasteiger partial charge in [-0.1, -0.05) is 79.9 Å². The third-order valence-corrected chi connectivity index (χ3v) is 9.11. The standard InChI is InChI=1S/C39H38O4/c1-24-21-32(25(2)20-31(24)26-10-4-3-5-11-26)39(27-16-18-37(42)33(22-27)29-12-6-8-14-35(29)40)28-17-19-38(43)34(23-28)30-13-7-9-15-36(30)41/h6-9,12-23,26,39-43H,3-5,10-11H2,1-2H3. The van der Waals surface area contributed by atoms with Crippen molar-refractivity contribution in [2.45, 2.75) is 57.8 Å². The van der Waals surface area contributed by atoms with Crippen molar-refractivity contribution < 1.29 is 20.4 Å². The number of rotatable bonds is 6. The van der Waals surface area contributed by atoms with Gasteiger partial charge in [0.25, 0.3) is 0 Å². The van der Waals surface area contributed by atoms with Crippen LogP contribution in [0.1, 0.15) is 77.3 Å². The number of phenols is 4. The van der Waals surface area contributed by atoms with Gasteiger partial charge in [-0.25, -0.2) is 0 Å². The molecule has 1 saturated carbocycles. The molecule has 0 radical (unpaired) electrons. The van der Waals surface area contributed by atoms with Crippen LogP contribution in [0.4, 0.5) is 0 Å². The SMILES string of the molecule is Cc1cc(C(c2ccc(O)c(-c3ccccc3O)c2)c2ccc(O)c(-c3ccccc3O)c2)c(C)cc1C1CCCCC1. The third kappa shape index (κ3) is 5.58. The predicted molar refractivity (Wildman–Crippen MR) is 173 cm³/mol. The number of aromatic hydroxyl groups is 4. The predicted octanol–water partition coefficient (Wildman–Crippen LogP) is 9.69. The van der Waals surface area contributed by atoms with Crippen molar-refractivity contribution in [3.05, 3.63) is 130 Å². The molecule has 5 aromatic rings. The first-order valence-corrected chi connectivity index (χ1v) is 15.2. The molecule has 0 unspecified atom stereocenters. The summed E-state index contributed by atoms with van der Waals surface area (Å²) in [4.78, 5) is 0. The van der Waals surface area contributed by atoms with E-state index in [4.69, 9.17) is 0 Å². The zero-order chi connectivity index (χ0) is 30.1. The lowest BCUT2D eigenvalue weighted by Crippen LogP contribution is -2.10. The van der Waals surface area contributed by atoms with Crippen molar-refractivity contribution in [2.24, 2.45) is 0 Å². The van der Waals surface area contributed by atoms with E-state index < -0.39 is 0 Å². The second-order valence-electron chi connectivity index (χ2n) is 11.9. The number of hydrogen-bond acceptors (Lipinski definition) is 4. The topological polar surface area (TPSA) is 80.9 Å². The molecular weight excluding hydrogens is 532 g/mol. The van der Waals surface area contributed by atoms with Crippen molar-refractivity contribution >= 4 is 0 Å².